The number of fused-ring (bicyclic) bond motifs is 1. The summed E-state index contributed by atoms with van der Waals surface area (Å²) in [5.41, 5.74) is 3.68. The van der Waals surface area contributed by atoms with Gasteiger partial charge in [-0.3, -0.25) is 9.48 Å². The molecule has 2 heterocycles. The van der Waals surface area contributed by atoms with E-state index >= 15 is 0 Å². The zero-order chi connectivity index (χ0) is 22.2. The van der Waals surface area contributed by atoms with Crippen molar-refractivity contribution in [2.75, 3.05) is 0 Å². The van der Waals surface area contributed by atoms with Gasteiger partial charge in [-0.15, -0.1) is 13.2 Å². The summed E-state index contributed by atoms with van der Waals surface area (Å²) in [7, 11) is 0. The van der Waals surface area contributed by atoms with Gasteiger partial charge < -0.3 is 9.72 Å². The van der Waals surface area contributed by atoms with E-state index in [0.717, 1.165) is 22.3 Å². The van der Waals surface area contributed by atoms with Crippen LogP contribution in [0.1, 0.15) is 30.9 Å². The first-order valence-corrected chi connectivity index (χ1v) is 9.73. The number of hydrogen-bond donors (Lipinski definition) is 1. The Labute approximate surface area is 176 Å². The Balaban J connectivity index is 1.64. The van der Waals surface area contributed by atoms with Crippen LogP contribution in [0.5, 0.6) is 5.75 Å². The fraction of sp³-hybridized carbons (Fsp3) is 0.217. The number of aromatic nitrogens is 3. The van der Waals surface area contributed by atoms with Crippen molar-refractivity contribution in [1.82, 2.24) is 14.8 Å². The third kappa shape index (κ3) is 4.47. The molecule has 0 unspecified atom stereocenters. The Kier molecular flexibility index (Phi) is 5.31. The average molecular weight is 427 g/mol. The molecule has 8 heteroatoms. The van der Waals surface area contributed by atoms with Crippen molar-refractivity contribution >= 4 is 10.9 Å². The number of ether oxygens (including phenoxy) is 1. The maximum absolute atomic E-state index is 13.1. The van der Waals surface area contributed by atoms with Crippen LogP contribution < -0.4 is 10.2 Å². The van der Waals surface area contributed by atoms with Crippen LogP contribution in [0.15, 0.2) is 65.7 Å². The molecule has 4 rings (SSSR count). The van der Waals surface area contributed by atoms with E-state index in [9.17, 15) is 18.0 Å². The van der Waals surface area contributed by atoms with Crippen LogP contribution in [-0.2, 0) is 6.54 Å². The van der Waals surface area contributed by atoms with Gasteiger partial charge in [-0.25, -0.2) is 0 Å². The lowest BCUT2D eigenvalue weighted by Gasteiger charge is -2.13. The van der Waals surface area contributed by atoms with Crippen LogP contribution in [0, 0.1) is 0 Å². The number of hydrogen-bond acceptors (Lipinski definition) is 3. The molecule has 2 aromatic heterocycles. The number of nitrogens with one attached hydrogen (secondary N) is 1. The smallest absolute Gasteiger partial charge is 0.406 e. The van der Waals surface area contributed by atoms with Gasteiger partial charge in [0.25, 0.3) is 0 Å². The van der Waals surface area contributed by atoms with E-state index in [1.54, 1.807) is 29.1 Å². The highest BCUT2D eigenvalue weighted by atomic mass is 19.4. The van der Waals surface area contributed by atoms with Gasteiger partial charge >= 0.3 is 6.36 Å². The molecule has 160 valence electrons. The minimum Gasteiger partial charge on any atom is -0.406 e. The number of pyridine rings is 1. The van der Waals surface area contributed by atoms with Crippen molar-refractivity contribution in [3.63, 3.8) is 0 Å². The Bertz CT molecular complexity index is 1270. The number of para-hydroxylation sites is 1. The van der Waals surface area contributed by atoms with E-state index in [0.29, 0.717) is 17.5 Å². The summed E-state index contributed by atoms with van der Waals surface area (Å²) in [6.45, 7) is 4.30. The van der Waals surface area contributed by atoms with Crippen molar-refractivity contribution < 1.29 is 17.9 Å². The first-order chi connectivity index (χ1) is 14.7. The second-order valence-electron chi connectivity index (χ2n) is 7.56. The highest BCUT2D eigenvalue weighted by molar-refractivity contribution is 5.83. The largest absolute Gasteiger partial charge is 0.573 e. The number of alkyl halides is 3. The number of halogens is 3. The molecule has 2 aromatic carbocycles. The quantitative estimate of drug-likeness (QED) is 0.460. The van der Waals surface area contributed by atoms with Crippen LogP contribution in [0.4, 0.5) is 13.2 Å². The predicted octanol–water partition coefficient (Wildman–Crippen LogP) is 5.46. The number of aromatic amines is 1. The summed E-state index contributed by atoms with van der Waals surface area (Å²) >= 11 is 0. The summed E-state index contributed by atoms with van der Waals surface area (Å²) in [6.07, 6.45) is -1.23. The number of nitrogens with zero attached hydrogens (tertiary/aromatic N) is 2. The van der Waals surface area contributed by atoms with Gasteiger partial charge in [0.1, 0.15) is 5.75 Å². The van der Waals surface area contributed by atoms with Gasteiger partial charge in [0.05, 0.1) is 18.4 Å². The van der Waals surface area contributed by atoms with E-state index in [4.69, 9.17) is 0 Å². The van der Waals surface area contributed by atoms with Crippen molar-refractivity contribution in [2.45, 2.75) is 32.7 Å². The lowest BCUT2D eigenvalue weighted by molar-refractivity contribution is -0.274. The standard InChI is InChI=1S/C23H20F3N3O2/c1-14(2)20-21(28-19-6-4-3-5-18(19)22(20)30)16-11-27-29(13-16)12-15-7-9-17(10-8-15)31-23(24,25)26/h3-11,13-14H,12H2,1-2H3,(H,28,30). The van der Waals surface area contributed by atoms with E-state index in [-0.39, 0.29) is 17.1 Å². The fourth-order valence-electron chi connectivity index (χ4n) is 3.59. The van der Waals surface area contributed by atoms with E-state index in [1.807, 2.05) is 38.2 Å². The van der Waals surface area contributed by atoms with Gasteiger partial charge in [-0.05, 0) is 35.7 Å². The van der Waals surface area contributed by atoms with Gasteiger partial charge in [0.2, 0.25) is 0 Å². The van der Waals surface area contributed by atoms with Crippen LogP contribution in [0.2, 0.25) is 0 Å². The molecule has 0 atom stereocenters. The molecule has 0 spiro atoms. The zero-order valence-corrected chi connectivity index (χ0v) is 16.9. The average Bonchev–Trinajstić information content (AvgIpc) is 3.16. The van der Waals surface area contributed by atoms with Crippen LogP contribution in [-0.4, -0.2) is 21.1 Å². The molecule has 0 radical (unpaired) electrons. The lowest BCUT2D eigenvalue weighted by Crippen LogP contribution is -2.17. The molecule has 5 nitrogen and oxygen atoms in total. The summed E-state index contributed by atoms with van der Waals surface area (Å²) in [5, 5.41) is 5.01. The number of H-pyrrole nitrogens is 1. The lowest BCUT2D eigenvalue weighted by atomic mass is 9.96. The monoisotopic (exact) mass is 427 g/mol. The maximum Gasteiger partial charge on any atom is 0.573 e. The number of benzene rings is 2. The summed E-state index contributed by atoms with van der Waals surface area (Å²) in [4.78, 5) is 16.4. The SMILES string of the molecule is CC(C)c1c(-c2cnn(Cc3ccc(OC(F)(F)F)cc3)c2)[nH]c2ccccc2c1=O. The summed E-state index contributed by atoms with van der Waals surface area (Å²) in [5.74, 6) is -0.263. The second kappa shape index (κ2) is 7.94. The Morgan fingerprint density at radius 1 is 1.10 bits per heavy atom. The molecule has 4 aromatic rings. The van der Waals surface area contributed by atoms with E-state index in [1.165, 1.54) is 12.1 Å². The highest BCUT2D eigenvalue weighted by Gasteiger charge is 2.30. The highest BCUT2D eigenvalue weighted by Crippen LogP contribution is 2.27. The third-order valence-corrected chi connectivity index (χ3v) is 4.95. The van der Waals surface area contributed by atoms with Crippen LogP contribution in [0.25, 0.3) is 22.2 Å². The molecule has 0 saturated heterocycles. The van der Waals surface area contributed by atoms with Gasteiger partial charge in [-0.1, -0.05) is 38.1 Å². The predicted molar refractivity (Wildman–Crippen MR) is 112 cm³/mol. The van der Waals surface area contributed by atoms with Gasteiger partial charge in [-0.2, -0.15) is 5.10 Å². The molecule has 0 bridgehead atoms. The molecule has 0 saturated carbocycles. The zero-order valence-electron chi connectivity index (χ0n) is 16.9. The molecule has 0 aliphatic heterocycles. The first kappa shape index (κ1) is 20.7. The van der Waals surface area contributed by atoms with Crippen LogP contribution in [0.3, 0.4) is 0 Å². The number of rotatable bonds is 5. The van der Waals surface area contributed by atoms with E-state index < -0.39 is 6.36 Å². The summed E-state index contributed by atoms with van der Waals surface area (Å²) < 4.78 is 42.5. The molecular formula is C23H20F3N3O2. The molecule has 0 fully saturated rings. The van der Waals surface area contributed by atoms with Gasteiger partial charge in [0.15, 0.2) is 5.43 Å². The second-order valence-corrected chi connectivity index (χ2v) is 7.56. The normalized spacial score (nSPS) is 11.9. The Hall–Kier alpha value is -3.55. The minimum absolute atomic E-state index is 0.00708. The maximum atomic E-state index is 13.1. The summed E-state index contributed by atoms with van der Waals surface area (Å²) in [6, 6.07) is 13.0. The Morgan fingerprint density at radius 2 is 1.81 bits per heavy atom. The molecule has 1 N–H and O–H groups in total. The van der Waals surface area contributed by atoms with Crippen molar-refractivity contribution in [1.29, 1.82) is 0 Å². The molecule has 0 amide bonds. The molecule has 31 heavy (non-hydrogen) atoms. The van der Waals surface area contributed by atoms with Crippen molar-refractivity contribution in [3.8, 4) is 17.0 Å². The fourth-order valence-corrected chi connectivity index (χ4v) is 3.59. The Morgan fingerprint density at radius 3 is 2.48 bits per heavy atom. The minimum atomic E-state index is -4.72. The van der Waals surface area contributed by atoms with Gasteiger partial charge in [0, 0.05) is 28.2 Å². The topological polar surface area (TPSA) is 59.9 Å². The molecular weight excluding hydrogens is 407 g/mol. The molecule has 0 aliphatic carbocycles. The van der Waals surface area contributed by atoms with E-state index in [2.05, 4.69) is 14.8 Å². The third-order valence-electron chi connectivity index (χ3n) is 4.95. The van der Waals surface area contributed by atoms with Crippen molar-refractivity contribution in [2.24, 2.45) is 0 Å². The molecule has 0 aliphatic rings. The van der Waals surface area contributed by atoms with Crippen LogP contribution >= 0.6 is 0 Å². The van der Waals surface area contributed by atoms with Crippen molar-refractivity contribution in [3.05, 3.63) is 82.3 Å². The first-order valence-electron chi connectivity index (χ1n) is 9.73.